The van der Waals surface area contributed by atoms with Crippen LogP contribution in [-0.4, -0.2) is 29.6 Å². The molecule has 0 N–H and O–H groups in total. The molecular formula is C20H20N2O3S. The van der Waals surface area contributed by atoms with Gasteiger partial charge in [-0.2, -0.15) is 0 Å². The minimum absolute atomic E-state index is 0.309. The number of hydrogen-bond acceptors (Lipinski definition) is 6. The highest BCUT2D eigenvalue weighted by Crippen LogP contribution is 2.43. The van der Waals surface area contributed by atoms with E-state index in [-0.39, 0.29) is 0 Å². The predicted octanol–water partition coefficient (Wildman–Crippen LogP) is 4.51. The Hall–Kier alpha value is -2.31. The van der Waals surface area contributed by atoms with Crippen LogP contribution in [0.4, 0.5) is 0 Å². The zero-order valence-electron chi connectivity index (χ0n) is 14.4. The Bertz CT molecular complexity index is 890. The highest BCUT2D eigenvalue weighted by Gasteiger charge is 2.31. The Labute approximate surface area is 156 Å². The largest absolute Gasteiger partial charge is 0.486 e. The molecule has 5 rings (SSSR count). The zero-order chi connectivity index (χ0) is 17.3. The fraction of sp³-hybridized carbons (Fsp3) is 0.350. The van der Waals surface area contributed by atoms with Crippen molar-refractivity contribution >= 4 is 11.3 Å². The number of aromatic nitrogens is 1. The fourth-order valence-electron chi connectivity index (χ4n) is 3.82. The number of thiophene rings is 1. The van der Waals surface area contributed by atoms with Gasteiger partial charge in [0.2, 0.25) is 5.89 Å². The summed E-state index contributed by atoms with van der Waals surface area (Å²) in [4.78, 5) is 8.04. The average molecular weight is 368 g/mol. The number of rotatable bonds is 4. The topological polar surface area (TPSA) is 47.7 Å². The van der Waals surface area contributed by atoms with Gasteiger partial charge in [-0.3, -0.25) is 4.90 Å². The van der Waals surface area contributed by atoms with Gasteiger partial charge < -0.3 is 13.9 Å². The summed E-state index contributed by atoms with van der Waals surface area (Å²) < 4.78 is 17.7. The van der Waals surface area contributed by atoms with Crippen LogP contribution in [0.3, 0.4) is 0 Å². The smallest absolute Gasteiger partial charge is 0.209 e. The van der Waals surface area contributed by atoms with Gasteiger partial charge in [0.25, 0.3) is 0 Å². The molecule has 2 aliphatic heterocycles. The molecule has 1 aromatic carbocycles. The lowest BCUT2D eigenvalue weighted by atomic mass is 10.0. The Morgan fingerprint density at radius 1 is 1.15 bits per heavy atom. The van der Waals surface area contributed by atoms with Crippen LogP contribution in [0.1, 0.15) is 30.3 Å². The summed E-state index contributed by atoms with van der Waals surface area (Å²) in [5.74, 6) is 3.38. The summed E-state index contributed by atoms with van der Waals surface area (Å²) in [6.07, 6.45) is 4.10. The molecule has 5 nitrogen and oxygen atoms in total. The van der Waals surface area contributed by atoms with E-state index in [0.29, 0.717) is 25.8 Å². The third-order valence-electron chi connectivity index (χ3n) is 4.98. The van der Waals surface area contributed by atoms with Crippen molar-refractivity contribution in [2.75, 3.05) is 19.8 Å². The number of benzene rings is 1. The van der Waals surface area contributed by atoms with Gasteiger partial charge in [0, 0.05) is 11.6 Å². The monoisotopic (exact) mass is 368 g/mol. The van der Waals surface area contributed by atoms with Gasteiger partial charge in [-0.15, -0.1) is 11.3 Å². The number of ether oxygens (including phenoxy) is 2. The molecule has 2 aliphatic rings. The summed E-state index contributed by atoms with van der Waals surface area (Å²) in [7, 11) is 0. The quantitative estimate of drug-likeness (QED) is 0.678. The second-order valence-electron chi connectivity index (χ2n) is 6.60. The minimum Gasteiger partial charge on any atom is -0.486 e. The third kappa shape index (κ3) is 2.89. The van der Waals surface area contributed by atoms with Crippen molar-refractivity contribution in [3.8, 4) is 22.1 Å². The molecule has 3 aromatic rings. The van der Waals surface area contributed by atoms with Crippen LogP contribution in [0.15, 0.2) is 46.3 Å². The average Bonchev–Trinajstić information content (AvgIpc) is 3.43. The molecule has 0 radical (unpaired) electrons. The Morgan fingerprint density at radius 2 is 2.12 bits per heavy atom. The molecular weight excluding hydrogens is 348 g/mol. The molecule has 1 atom stereocenters. The first-order valence-electron chi connectivity index (χ1n) is 8.99. The molecule has 1 saturated heterocycles. The summed E-state index contributed by atoms with van der Waals surface area (Å²) in [6.45, 7) is 2.97. The van der Waals surface area contributed by atoms with E-state index in [1.807, 2.05) is 18.3 Å². The molecule has 26 heavy (non-hydrogen) atoms. The van der Waals surface area contributed by atoms with Crippen LogP contribution in [0.2, 0.25) is 0 Å². The van der Waals surface area contributed by atoms with Gasteiger partial charge in [-0.25, -0.2) is 4.98 Å². The summed E-state index contributed by atoms with van der Waals surface area (Å²) >= 11 is 1.67. The van der Waals surface area contributed by atoms with E-state index in [2.05, 4.69) is 33.5 Å². The first-order valence-corrected chi connectivity index (χ1v) is 9.87. The standard InChI is InChI=1S/C20H20N2O3S/c1-4-14(20-16(6-1)23-9-10-24-20)15-5-2-8-22(15)13-19-21-12-17(25-19)18-7-3-11-26-18/h1,3-4,6-7,11-12,15H,2,5,8-10,13H2. The minimum atomic E-state index is 0.309. The Morgan fingerprint density at radius 3 is 3.04 bits per heavy atom. The van der Waals surface area contributed by atoms with Crippen LogP contribution < -0.4 is 9.47 Å². The van der Waals surface area contributed by atoms with Gasteiger partial charge in [0.15, 0.2) is 17.3 Å². The first-order chi connectivity index (χ1) is 12.9. The van der Waals surface area contributed by atoms with Crippen molar-refractivity contribution in [1.29, 1.82) is 0 Å². The van der Waals surface area contributed by atoms with E-state index < -0.39 is 0 Å². The summed E-state index contributed by atoms with van der Waals surface area (Å²) in [6, 6.07) is 10.6. The van der Waals surface area contributed by atoms with Crippen LogP contribution in [0.25, 0.3) is 10.6 Å². The Kier molecular flexibility index (Phi) is 4.15. The van der Waals surface area contributed by atoms with Gasteiger partial charge in [0.1, 0.15) is 13.2 Å². The maximum absolute atomic E-state index is 5.99. The second-order valence-corrected chi connectivity index (χ2v) is 7.54. The maximum Gasteiger partial charge on any atom is 0.209 e. The lowest BCUT2D eigenvalue weighted by Crippen LogP contribution is -2.25. The lowest BCUT2D eigenvalue weighted by Gasteiger charge is -2.28. The number of para-hydroxylation sites is 1. The van der Waals surface area contributed by atoms with Crippen molar-refractivity contribution in [1.82, 2.24) is 9.88 Å². The molecule has 0 amide bonds. The molecule has 0 spiro atoms. The number of nitrogens with zero attached hydrogens (tertiary/aromatic N) is 2. The first kappa shape index (κ1) is 15.9. The van der Waals surface area contributed by atoms with Crippen molar-refractivity contribution in [3.63, 3.8) is 0 Å². The maximum atomic E-state index is 5.99. The van der Waals surface area contributed by atoms with Gasteiger partial charge >= 0.3 is 0 Å². The summed E-state index contributed by atoms with van der Waals surface area (Å²) in [5.41, 5.74) is 1.21. The summed E-state index contributed by atoms with van der Waals surface area (Å²) in [5, 5.41) is 2.05. The highest BCUT2D eigenvalue weighted by molar-refractivity contribution is 7.13. The molecule has 134 valence electrons. The van der Waals surface area contributed by atoms with E-state index in [1.54, 1.807) is 11.3 Å². The van der Waals surface area contributed by atoms with Crippen LogP contribution in [-0.2, 0) is 6.54 Å². The van der Waals surface area contributed by atoms with E-state index in [1.165, 1.54) is 5.56 Å². The fourth-order valence-corrected chi connectivity index (χ4v) is 4.49. The molecule has 6 heteroatoms. The van der Waals surface area contributed by atoms with E-state index in [4.69, 9.17) is 13.9 Å². The van der Waals surface area contributed by atoms with Crippen molar-refractivity contribution in [2.24, 2.45) is 0 Å². The Balaban J connectivity index is 1.38. The predicted molar refractivity (Wildman–Crippen MR) is 99.6 cm³/mol. The molecule has 0 bridgehead atoms. The van der Waals surface area contributed by atoms with E-state index in [0.717, 1.165) is 47.4 Å². The zero-order valence-corrected chi connectivity index (χ0v) is 15.2. The normalized spacial score (nSPS) is 19.8. The van der Waals surface area contributed by atoms with Crippen molar-refractivity contribution in [3.05, 3.63) is 53.4 Å². The van der Waals surface area contributed by atoms with Crippen LogP contribution in [0, 0.1) is 0 Å². The van der Waals surface area contributed by atoms with Gasteiger partial charge in [-0.05, 0) is 36.9 Å². The van der Waals surface area contributed by atoms with Gasteiger partial charge in [-0.1, -0.05) is 18.2 Å². The molecule has 1 unspecified atom stereocenters. The lowest BCUT2D eigenvalue weighted by molar-refractivity contribution is 0.162. The third-order valence-corrected chi connectivity index (χ3v) is 5.86. The molecule has 0 aliphatic carbocycles. The molecule has 4 heterocycles. The van der Waals surface area contributed by atoms with E-state index >= 15 is 0 Å². The highest BCUT2D eigenvalue weighted by atomic mass is 32.1. The van der Waals surface area contributed by atoms with Crippen LogP contribution >= 0.6 is 11.3 Å². The van der Waals surface area contributed by atoms with E-state index in [9.17, 15) is 0 Å². The number of hydrogen-bond donors (Lipinski definition) is 0. The number of fused-ring (bicyclic) bond motifs is 1. The molecule has 2 aromatic heterocycles. The van der Waals surface area contributed by atoms with Crippen LogP contribution in [0.5, 0.6) is 11.5 Å². The molecule has 0 saturated carbocycles. The van der Waals surface area contributed by atoms with Gasteiger partial charge in [0.05, 0.1) is 17.6 Å². The molecule has 1 fully saturated rings. The van der Waals surface area contributed by atoms with Crippen molar-refractivity contribution < 1.29 is 13.9 Å². The number of likely N-dealkylation sites (tertiary alicyclic amines) is 1. The number of oxazole rings is 1. The SMILES string of the molecule is c1csc(-c2cnc(CN3CCCC3c3cccc4c3OCCO4)o2)c1. The second kappa shape index (κ2) is 6.78. The van der Waals surface area contributed by atoms with Crippen molar-refractivity contribution in [2.45, 2.75) is 25.4 Å².